The molecule has 0 spiro atoms. The van der Waals surface area contributed by atoms with Crippen molar-refractivity contribution < 1.29 is 22.3 Å². The van der Waals surface area contributed by atoms with Crippen LogP contribution in [-0.4, -0.2) is 12.8 Å². The lowest BCUT2D eigenvalue weighted by Crippen LogP contribution is -2.19. The molecule has 0 aliphatic carbocycles. The van der Waals surface area contributed by atoms with Gasteiger partial charge in [0.05, 0.1) is 5.56 Å². The number of ether oxygens (including phenoxy) is 1. The third-order valence-corrected chi connectivity index (χ3v) is 5.98. The average molecular weight is 503 g/mol. The van der Waals surface area contributed by atoms with Crippen molar-refractivity contribution in [2.24, 2.45) is 0 Å². The third-order valence-electron chi connectivity index (χ3n) is 5.98. The van der Waals surface area contributed by atoms with Gasteiger partial charge >= 0.3 is 6.18 Å². The van der Waals surface area contributed by atoms with Crippen LogP contribution in [0.2, 0.25) is 0 Å². The summed E-state index contributed by atoms with van der Waals surface area (Å²) in [5.41, 5.74) is 4.50. The maximum absolute atomic E-state index is 15.1. The van der Waals surface area contributed by atoms with Gasteiger partial charge in [0.2, 0.25) is 0 Å². The van der Waals surface area contributed by atoms with Crippen LogP contribution in [0, 0.1) is 17.7 Å². The van der Waals surface area contributed by atoms with Crippen molar-refractivity contribution in [3.05, 3.63) is 125 Å². The molecule has 0 saturated heterocycles. The van der Waals surface area contributed by atoms with Crippen LogP contribution < -0.4 is 4.74 Å². The molecule has 5 heteroatoms. The summed E-state index contributed by atoms with van der Waals surface area (Å²) in [7, 11) is 0. The number of allylic oxidation sites excluding steroid dienone is 1. The van der Waals surface area contributed by atoms with Crippen molar-refractivity contribution in [3.8, 4) is 17.6 Å². The zero-order valence-corrected chi connectivity index (χ0v) is 20.2. The lowest BCUT2D eigenvalue weighted by molar-refractivity contribution is -0.153. The van der Waals surface area contributed by atoms with Crippen molar-refractivity contribution in [1.82, 2.24) is 0 Å². The highest BCUT2D eigenvalue weighted by Gasteiger charge is 2.28. The molecule has 0 atom stereocenters. The zero-order valence-electron chi connectivity index (χ0n) is 20.2. The first-order valence-electron chi connectivity index (χ1n) is 12.0. The summed E-state index contributed by atoms with van der Waals surface area (Å²) in [5, 5.41) is 1.31. The highest BCUT2D eigenvalue weighted by Crippen LogP contribution is 2.24. The lowest BCUT2D eigenvalue weighted by Gasteiger charge is -2.08. The molecule has 0 aliphatic rings. The fourth-order valence-electron chi connectivity index (χ4n) is 3.96. The number of hydrogen-bond donors (Lipinski definition) is 0. The second-order valence-corrected chi connectivity index (χ2v) is 8.80. The second-order valence-electron chi connectivity index (χ2n) is 8.80. The molecule has 188 valence electrons. The van der Waals surface area contributed by atoms with E-state index in [9.17, 15) is 13.2 Å². The van der Waals surface area contributed by atoms with Crippen molar-refractivity contribution >= 4 is 10.8 Å². The lowest BCUT2D eigenvalue weighted by atomic mass is 9.98. The fourth-order valence-corrected chi connectivity index (χ4v) is 3.96. The summed E-state index contributed by atoms with van der Waals surface area (Å²) in [4.78, 5) is 0. The standard InChI is InChI=1S/C32H26F4O/c1-2-3-4-23-5-7-24(8-6-23)9-10-26-14-20-30-28(21-26)17-16-27(31(30)33)15-11-25-12-18-29(19-13-25)37-22-32(34,35)36/h2,5-8,12-14,16-21H,1,3-4,9-10,22H2. The Morgan fingerprint density at radius 3 is 2.08 bits per heavy atom. The number of benzene rings is 4. The topological polar surface area (TPSA) is 9.23 Å². The number of fused-ring (bicyclic) bond motifs is 1. The van der Waals surface area contributed by atoms with Crippen molar-refractivity contribution in [3.63, 3.8) is 0 Å². The molecule has 0 heterocycles. The van der Waals surface area contributed by atoms with Crippen molar-refractivity contribution in [1.29, 1.82) is 0 Å². The molecule has 0 aromatic heterocycles. The molecule has 4 aromatic carbocycles. The zero-order chi connectivity index (χ0) is 26.3. The van der Waals surface area contributed by atoms with E-state index in [1.165, 1.54) is 23.3 Å². The van der Waals surface area contributed by atoms with E-state index in [1.807, 2.05) is 24.3 Å². The summed E-state index contributed by atoms with van der Waals surface area (Å²) >= 11 is 0. The van der Waals surface area contributed by atoms with Gasteiger partial charge in [-0.15, -0.1) is 6.58 Å². The van der Waals surface area contributed by atoms with Gasteiger partial charge in [0.15, 0.2) is 6.61 Å². The predicted octanol–water partition coefficient (Wildman–Crippen LogP) is 8.22. The molecule has 0 radical (unpaired) electrons. The first-order chi connectivity index (χ1) is 17.8. The van der Waals surface area contributed by atoms with Crippen LogP contribution in [0.15, 0.2) is 91.5 Å². The second kappa shape index (κ2) is 11.8. The number of hydrogen-bond acceptors (Lipinski definition) is 1. The van der Waals surface area contributed by atoms with E-state index in [0.29, 0.717) is 10.9 Å². The molecule has 0 unspecified atom stereocenters. The largest absolute Gasteiger partial charge is 0.484 e. The molecular formula is C32H26F4O. The molecule has 0 saturated carbocycles. The van der Waals surface area contributed by atoms with Crippen LogP contribution in [0.1, 0.15) is 34.2 Å². The Bertz CT molecular complexity index is 1420. The maximum atomic E-state index is 15.1. The Morgan fingerprint density at radius 1 is 0.757 bits per heavy atom. The first kappa shape index (κ1) is 26.0. The van der Waals surface area contributed by atoms with Gasteiger partial charge in [0, 0.05) is 10.9 Å². The van der Waals surface area contributed by atoms with Gasteiger partial charge in [0.25, 0.3) is 0 Å². The minimum atomic E-state index is -4.40. The Hall–Kier alpha value is -4.04. The minimum absolute atomic E-state index is 0.0936. The van der Waals surface area contributed by atoms with E-state index < -0.39 is 18.6 Å². The van der Waals surface area contributed by atoms with Gasteiger partial charge in [-0.1, -0.05) is 66.4 Å². The van der Waals surface area contributed by atoms with E-state index in [1.54, 1.807) is 24.3 Å². The van der Waals surface area contributed by atoms with E-state index in [4.69, 9.17) is 0 Å². The van der Waals surface area contributed by atoms with Crippen molar-refractivity contribution in [2.45, 2.75) is 31.9 Å². The molecule has 0 bridgehead atoms. The van der Waals surface area contributed by atoms with Gasteiger partial charge in [-0.2, -0.15) is 13.2 Å². The number of alkyl halides is 3. The summed E-state index contributed by atoms with van der Waals surface area (Å²) in [6.45, 7) is 2.41. The fraction of sp³-hybridized carbons (Fsp3) is 0.188. The molecular weight excluding hydrogens is 476 g/mol. The minimum Gasteiger partial charge on any atom is -0.484 e. The van der Waals surface area contributed by atoms with Crippen LogP contribution in [0.3, 0.4) is 0 Å². The summed E-state index contributed by atoms with van der Waals surface area (Å²) < 4.78 is 56.6. The summed E-state index contributed by atoms with van der Waals surface area (Å²) in [6.07, 6.45) is 1.25. The van der Waals surface area contributed by atoms with Gasteiger partial charge in [-0.05, 0) is 78.1 Å². The monoisotopic (exact) mass is 502 g/mol. The van der Waals surface area contributed by atoms with Crippen LogP contribution in [0.4, 0.5) is 17.6 Å². The molecule has 0 fully saturated rings. The van der Waals surface area contributed by atoms with E-state index >= 15 is 4.39 Å². The molecule has 4 rings (SSSR count). The smallest absolute Gasteiger partial charge is 0.422 e. The van der Waals surface area contributed by atoms with E-state index in [2.05, 4.69) is 47.4 Å². The molecule has 0 N–H and O–H groups in total. The van der Waals surface area contributed by atoms with E-state index in [0.717, 1.165) is 36.6 Å². The first-order valence-corrected chi connectivity index (χ1v) is 12.0. The van der Waals surface area contributed by atoms with Crippen molar-refractivity contribution in [2.75, 3.05) is 6.61 Å². The van der Waals surface area contributed by atoms with Gasteiger partial charge < -0.3 is 4.74 Å². The SMILES string of the molecule is C=CCCc1ccc(CCc2ccc3c(F)c(C#Cc4ccc(OCC(F)(F)F)cc4)ccc3c2)cc1. The Balaban J connectivity index is 1.41. The van der Waals surface area contributed by atoms with Gasteiger partial charge in [-0.3, -0.25) is 0 Å². The quantitative estimate of drug-likeness (QED) is 0.134. The van der Waals surface area contributed by atoms with Gasteiger partial charge in [0.1, 0.15) is 11.6 Å². The Kier molecular flexibility index (Phi) is 8.30. The van der Waals surface area contributed by atoms with Crippen LogP contribution in [0.25, 0.3) is 10.8 Å². The predicted molar refractivity (Wildman–Crippen MR) is 140 cm³/mol. The Morgan fingerprint density at radius 2 is 1.41 bits per heavy atom. The number of rotatable bonds is 8. The summed E-state index contributed by atoms with van der Waals surface area (Å²) in [6, 6.07) is 23.8. The molecule has 37 heavy (non-hydrogen) atoms. The number of halogens is 4. The molecule has 1 nitrogen and oxygen atoms in total. The molecule has 0 aliphatic heterocycles. The van der Waals surface area contributed by atoms with Crippen LogP contribution >= 0.6 is 0 Å². The van der Waals surface area contributed by atoms with Crippen LogP contribution in [-0.2, 0) is 19.3 Å². The highest BCUT2D eigenvalue weighted by molar-refractivity contribution is 5.85. The summed E-state index contributed by atoms with van der Waals surface area (Å²) in [5.74, 6) is 5.38. The highest BCUT2D eigenvalue weighted by atomic mass is 19.4. The average Bonchev–Trinajstić information content (AvgIpc) is 2.90. The number of aryl methyl sites for hydroxylation is 3. The van der Waals surface area contributed by atoms with Gasteiger partial charge in [-0.25, -0.2) is 4.39 Å². The normalized spacial score (nSPS) is 11.1. The third kappa shape index (κ3) is 7.47. The van der Waals surface area contributed by atoms with E-state index in [-0.39, 0.29) is 11.3 Å². The maximum Gasteiger partial charge on any atom is 0.422 e. The van der Waals surface area contributed by atoms with Crippen LogP contribution in [0.5, 0.6) is 5.75 Å². The molecule has 0 amide bonds. The molecule has 4 aromatic rings. The Labute approximate surface area is 214 Å².